The molecular weight excluding hydrogens is 444 g/mol. The minimum absolute atomic E-state index is 0. The fourth-order valence-electron chi connectivity index (χ4n) is 2.57. The molecule has 9 heteroatoms. The minimum Gasteiger partial charge on any atom is -0.489 e. The highest BCUT2D eigenvalue weighted by Crippen LogP contribution is 2.34. The van der Waals surface area contributed by atoms with Crippen molar-refractivity contribution in [1.82, 2.24) is 9.97 Å². The first-order valence-corrected chi connectivity index (χ1v) is 9.49. The van der Waals surface area contributed by atoms with E-state index in [9.17, 15) is 13.2 Å². The number of benzene rings is 1. The molecule has 158 valence electrons. The summed E-state index contributed by atoms with van der Waals surface area (Å²) < 4.78 is 44.4. The number of nitrogens with zero attached hydrogens (tertiary/aromatic N) is 2. The van der Waals surface area contributed by atoms with E-state index < -0.39 is 11.7 Å². The number of pyridine rings is 2. The third-order valence-corrected chi connectivity index (χ3v) is 5.14. The third-order valence-electron chi connectivity index (χ3n) is 4.03. The van der Waals surface area contributed by atoms with Crippen LogP contribution >= 0.6 is 36.6 Å². The molecule has 0 amide bonds. The summed E-state index contributed by atoms with van der Waals surface area (Å²) >= 11 is 1.59. The van der Waals surface area contributed by atoms with E-state index in [0.717, 1.165) is 46.0 Å². The van der Waals surface area contributed by atoms with E-state index in [1.165, 1.54) is 6.07 Å². The van der Waals surface area contributed by atoms with Crippen molar-refractivity contribution in [1.29, 1.82) is 0 Å². The summed E-state index contributed by atoms with van der Waals surface area (Å²) in [4.78, 5) is 9.19. The lowest BCUT2D eigenvalue weighted by molar-refractivity contribution is -0.137. The number of hydrogen-bond acceptors (Lipinski definition) is 4. The summed E-state index contributed by atoms with van der Waals surface area (Å²) in [5.41, 5.74) is 0.604. The van der Waals surface area contributed by atoms with Crippen LogP contribution in [0.25, 0.3) is 10.9 Å². The van der Waals surface area contributed by atoms with Crippen LogP contribution in [-0.4, -0.2) is 21.8 Å². The summed E-state index contributed by atoms with van der Waals surface area (Å²) in [5.74, 6) is 1.51. The van der Waals surface area contributed by atoms with Crippen molar-refractivity contribution in [3.05, 3.63) is 60.0 Å². The average Bonchev–Trinajstić information content (AvgIpc) is 2.62. The van der Waals surface area contributed by atoms with Gasteiger partial charge in [-0.1, -0.05) is 6.07 Å². The van der Waals surface area contributed by atoms with Gasteiger partial charge in [0.25, 0.3) is 0 Å². The normalized spacial score (nSPS) is 12.0. The van der Waals surface area contributed by atoms with Crippen molar-refractivity contribution < 1.29 is 17.9 Å². The summed E-state index contributed by atoms with van der Waals surface area (Å²) in [5, 5.41) is 0.729. The standard InChI is InChI=1S/C20H19F3N2OS.2ClH/c1-13-3-5-16(12-25-13)26-14(2)8-10-27-19-7-9-24-18-11-15(20(21,22)23)4-6-17(18)19;;/h3-7,9,11-12,14H,8,10H2,1-2H3;2*1H. The SMILES string of the molecule is Cc1ccc(OC(C)CCSc2ccnc3cc(C(F)(F)F)ccc23)cn1.Cl.Cl. The number of hydrogen-bond donors (Lipinski definition) is 0. The van der Waals surface area contributed by atoms with Gasteiger partial charge in [-0.15, -0.1) is 36.6 Å². The Kier molecular flexibility index (Phi) is 9.52. The van der Waals surface area contributed by atoms with Gasteiger partial charge >= 0.3 is 6.18 Å². The van der Waals surface area contributed by atoms with E-state index in [0.29, 0.717) is 5.52 Å². The number of fused-ring (bicyclic) bond motifs is 1. The molecule has 0 aliphatic carbocycles. The molecule has 3 nitrogen and oxygen atoms in total. The highest BCUT2D eigenvalue weighted by molar-refractivity contribution is 7.99. The number of alkyl halides is 3. The molecule has 0 aliphatic rings. The second kappa shape index (κ2) is 10.9. The number of aromatic nitrogens is 2. The highest BCUT2D eigenvalue weighted by atomic mass is 35.5. The molecule has 2 heterocycles. The lowest BCUT2D eigenvalue weighted by atomic mass is 10.1. The Morgan fingerprint density at radius 2 is 1.83 bits per heavy atom. The molecule has 0 bridgehead atoms. The predicted molar refractivity (Wildman–Crippen MR) is 116 cm³/mol. The van der Waals surface area contributed by atoms with Gasteiger partial charge in [-0.25, -0.2) is 0 Å². The Morgan fingerprint density at radius 1 is 1.07 bits per heavy atom. The Morgan fingerprint density at radius 3 is 2.48 bits per heavy atom. The third kappa shape index (κ3) is 6.94. The zero-order chi connectivity index (χ0) is 19.4. The molecule has 29 heavy (non-hydrogen) atoms. The molecular formula is C20H21Cl2F3N2OS. The number of ether oxygens (including phenoxy) is 1. The van der Waals surface area contributed by atoms with Crippen molar-refractivity contribution in [2.75, 3.05) is 5.75 Å². The van der Waals surface area contributed by atoms with Crippen molar-refractivity contribution >= 4 is 47.5 Å². The van der Waals surface area contributed by atoms with Crippen molar-refractivity contribution in [3.8, 4) is 5.75 Å². The van der Waals surface area contributed by atoms with Crippen LogP contribution in [0, 0.1) is 6.92 Å². The zero-order valence-corrected chi connectivity index (χ0v) is 18.2. The second-order valence-electron chi connectivity index (χ2n) is 6.24. The van der Waals surface area contributed by atoms with E-state index in [4.69, 9.17) is 4.74 Å². The maximum atomic E-state index is 12.9. The molecule has 0 saturated carbocycles. The van der Waals surface area contributed by atoms with Gasteiger partial charge in [0, 0.05) is 27.9 Å². The van der Waals surface area contributed by atoms with Gasteiger partial charge in [0.2, 0.25) is 0 Å². The summed E-state index contributed by atoms with van der Waals surface area (Å²) in [6.45, 7) is 3.90. The monoisotopic (exact) mass is 464 g/mol. The first-order valence-electron chi connectivity index (χ1n) is 8.51. The van der Waals surface area contributed by atoms with Crippen LogP contribution < -0.4 is 4.74 Å². The molecule has 1 unspecified atom stereocenters. The van der Waals surface area contributed by atoms with Crippen LogP contribution in [0.3, 0.4) is 0 Å². The second-order valence-corrected chi connectivity index (χ2v) is 7.38. The Hall–Kier alpha value is -1.70. The molecule has 0 radical (unpaired) electrons. The molecule has 0 N–H and O–H groups in total. The molecule has 0 spiro atoms. The van der Waals surface area contributed by atoms with Crippen LogP contribution in [0.5, 0.6) is 5.75 Å². The van der Waals surface area contributed by atoms with Crippen LogP contribution in [0.15, 0.2) is 53.7 Å². The molecule has 1 atom stereocenters. The molecule has 2 aromatic heterocycles. The van der Waals surface area contributed by atoms with E-state index in [1.54, 1.807) is 24.2 Å². The number of aryl methyl sites for hydroxylation is 1. The van der Waals surface area contributed by atoms with Crippen molar-refractivity contribution in [2.24, 2.45) is 0 Å². The van der Waals surface area contributed by atoms with E-state index in [1.807, 2.05) is 32.0 Å². The predicted octanol–water partition coefficient (Wildman–Crippen LogP) is 6.75. The summed E-state index contributed by atoms with van der Waals surface area (Å²) in [6, 6.07) is 9.30. The lowest BCUT2D eigenvalue weighted by Crippen LogP contribution is -2.12. The van der Waals surface area contributed by atoms with E-state index >= 15 is 0 Å². The smallest absolute Gasteiger partial charge is 0.416 e. The maximum absolute atomic E-state index is 12.9. The van der Waals surface area contributed by atoms with Crippen molar-refractivity contribution in [3.63, 3.8) is 0 Å². The maximum Gasteiger partial charge on any atom is 0.416 e. The fourth-order valence-corrected chi connectivity index (χ4v) is 3.73. The largest absolute Gasteiger partial charge is 0.489 e. The van der Waals surface area contributed by atoms with Crippen LogP contribution in [0.4, 0.5) is 13.2 Å². The Bertz CT molecular complexity index is 924. The molecule has 0 fully saturated rings. The molecule has 3 aromatic rings. The minimum atomic E-state index is -4.36. The molecule has 0 aliphatic heterocycles. The highest BCUT2D eigenvalue weighted by Gasteiger charge is 2.30. The topological polar surface area (TPSA) is 35.0 Å². The Balaban J connectivity index is 0.00000210. The van der Waals surface area contributed by atoms with Crippen LogP contribution in [-0.2, 0) is 6.18 Å². The van der Waals surface area contributed by atoms with Gasteiger partial charge in [0.1, 0.15) is 5.75 Å². The van der Waals surface area contributed by atoms with Crippen LogP contribution in [0.1, 0.15) is 24.6 Å². The molecule has 0 saturated heterocycles. The summed E-state index contributed by atoms with van der Waals surface area (Å²) in [7, 11) is 0. The first-order chi connectivity index (χ1) is 12.8. The van der Waals surface area contributed by atoms with Crippen molar-refractivity contribution in [2.45, 2.75) is 37.4 Å². The lowest BCUT2D eigenvalue weighted by Gasteiger charge is -2.15. The van der Waals surface area contributed by atoms with E-state index in [-0.39, 0.29) is 30.9 Å². The summed E-state index contributed by atoms with van der Waals surface area (Å²) in [6.07, 6.45) is -0.317. The van der Waals surface area contributed by atoms with Gasteiger partial charge in [-0.05, 0) is 50.6 Å². The van der Waals surface area contributed by atoms with Crippen LogP contribution in [0.2, 0.25) is 0 Å². The zero-order valence-electron chi connectivity index (χ0n) is 15.8. The van der Waals surface area contributed by atoms with Gasteiger partial charge in [0.05, 0.1) is 23.4 Å². The molecule has 1 aromatic carbocycles. The van der Waals surface area contributed by atoms with Gasteiger partial charge < -0.3 is 4.74 Å². The van der Waals surface area contributed by atoms with E-state index in [2.05, 4.69) is 9.97 Å². The average molecular weight is 465 g/mol. The number of thioether (sulfide) groups is 1. The molecule has 3 rings (SSSR count). The first kappa shape index (κ1) is 25.3. The number of halogens is 5. The van der Waals surface area contributed by atoms with Gasteiger partial charge in [0.15, 0.2) is 0 Å². The van der Waals surface area contributed by atoms with Gasteiger partial charge in [-0.2, -0.15) is 13.2 Å². The number of rotatable bonds is 6. The van der Waals surface area contributed by atoms with Gasteiger partial charge in [-0.3, -0.25) is 9.97 Å². The quantitative estimate of drug-likeness (QED) is 0.377. The Labute approximate surface area is 184 Å². The fraction of sp³-hybridized carbons (Fsp3) is 0.300.